The lowest BCUT2D eigenvalue weighted by molar-refractivity contribution is 0.0996. The van der Waals surface area contributed by atoms with Crippen LogP contribution in [0.4, 0.5) is 0 Å². The summed E-state index contributed by atoms with van der Waals surface area (Å²) in [5.41, 5.74) is 6.81. The average molecular weight is 344 g/mol. The molecule has 4 N–H and O–H groups in total. The number of benzene rings is 1. The van der Waals surface area contributed by atoms with Crippen LogP contribution in [0, 0.1) is 10.5 Å². The number of nitrogens with one attached hydrogen (secondary N) is 1. The number of aryl methyl sites for hydroxylation is 1. The predicted molar refractivity (Wildman–Crippen MR) is 69.5 cm³/mol. The molecular weight excluding hydrogens is 335 g/mol. The van der Waals surface area contributed by atoms with Crippen molar-refractivity contribution in [2.24, 2.45) is 5.73 Å². The van der Waals surface area contributed by atoms with Crippen LogP contribution in [0.15, 0.2) is 12.1 Å². The van der Waals surface area contributed by atoms with Crippen LogP contribution in [0.2, 0.25) is 0 Å². The number of aromatic nitrogens is 3. The maximum atomic E-state index is 11.1. The number of aromatic hydroxyl groups is 1. The second-order valence-corrected chi connectivity index (χ2v) is 4.67. The van der Waals surface area contributed by atoms with Gasteiger partial charge in [0.2, 0.25) is 0 Å². The van der Waals surface area contributed by atoms with Gasteiger partial charge in [0.25, 0.3) is 5.91 Å². The lowest BCUT2D eigenvalue weighted by atomic mass is 10.1. The monoisotopic (exact) mass is 344 g/mol. The van der Waals surface area contributed by atoms with Gasteiger partial charge in [0.05, 0.1) is 0 Å². The maximum Gasteiger partial charge on any atom is 0.271 e. The third-order valence-electron chi connectivity index (χ3n) is 2.31. The number of carbonyl (C=O) groups is 1. The molecule has 0 fully saturated rings. The molecule has 17 heavy (non-hydrogen) atoms. The first-order valence-corrected chi connectivity index (χ1v) is 5.78. The number of phenolic OH excluding ortho intramolecular Hbond substituents is 1. The molecule has 88 valence electrons. The summed E-state index contributed by atoms with van der Waals surface area (Å²) in [6, 6.07) is 3.34. The third-order valence-corrected chi connectivity index (χ3v) is 3.48. The highest BCUT2D eigenvalue weighted by atomic mass is 127. The Morgan fingerprint density at radius 3 is 2.82 bits per heavy atom. The number of carbonyl (C=O) groups excluding carboxylic acids is 1. The molecule has 0 saturated carbocycles. The zero-order valence-electron chi connectivity index (χ0n) is 8.86. The van der Waals surface area contributed by atoms with Crippen LogP contribution < -0.4 is 5.73 Å². The molecule has 1 aromatic heterocycles. The Bertz CT molecular complexity index is 594. The number of phenols is 1. The van der Waals surface area contributed by atoms with Gasteiger partial charge in [-0.15, -0.1) is 0 Å². The van der Waals surface area contributed by atoms with Crippen molar-refractivity contribution in [2.45, 2.75) is 6.92 Å². The van der Waals surface area contributed by atoms with E-state index in [1.165, 1.54) is 0 Å². The Kier molecular flexibility index (Phi) is 3.01. The first-order valence-electron chi connectivity index (χ1n) is 4.70. The number of rotatable bonds is 2. The highest BCUT2D eigenvalue weighted by molar-refractivity contribution is 14.1. The quantitative estimate of drug-likeness (QED) is 0.712. The van der Waals surface area contributed by atoms with Gasteiger partial charge in [-0.1, -0.05) is 0 Å². The molecule has 0 radical (unpaired) electrons. The summed E-state index contributed by atoms with van der Waals surface area (Å²) in [5.74, 6) is -0.650. The van der Waals surface area contributed by atoms with Gasteiger partial charge >= 0.3 is 0 Å². The fourth-order valence-corrected chi connectivity index (χ4v) is 1.91. The van der Waals surface area contributed by atoms with Gasteiger partial charge in [-0.3, -0.25) is 4.79 Å². The van der Waals surface area contributed by atoms with E-state index in [1.54, 1.807) is 12.1 Å². The van der Waals surface area contributed by atoms with Gasteiger partial charge in [0.1, 0.15) is 11.4 Å². The van der Waals surface area contributed by atoms with E-state index in [4.69, 9.17) is 5.73 Å². The lowest BCUT2D eigenvalue weighted by Crippen LogP contribution is -2.12. The molecule has 0 aliphatic heterocycles. The minimum Gasteiger partial charge on any atom is -0.507 e. The zero-order valence-corrected chi connectivity index (χ0v) is 11.0. The summed E-state index contributed by atoms with van der Waals surface area (Å²) in [5, 5.41) is 19.7. The highest BCUT2D eigenvalue weighted by Crippen LogP contribution is 2.32. The van der Waals surface area contributed by atoms with Crippen LogP contribution in [-0.2, 0) is 0 Å². The molecule has 1 heterocycles. The number of halogens is 1. The predicted octanol–water partition coefficient (Wildman–Crippen LogP) is 1.19. The molecule has 6 nitrogen and oxygen atoms in total. The maximum absolute atomic E-state index is 11.1. The average Bonchev–Trinajstić information content (AvgIpc) is 2.72. The van der Waals surface area contributed by atoms with E-state index in [0.717, 1.165) is 9.13 Å². The molecular formula is C10H9IN4O2. The van der Waals surface area contributed by atoms with E-state index in [1.807, 2.05) is 6.92 Å². The van der Waals surface area contributed by atoms with Crippen LogP contribution in [0.5, 0.6) is 5.75 Å². The van der Waals surface area contributed by atoms with E-state index in [9.17, 15) is 9.90 Å². The van der Waals surface area contributed by atoms with Gasteiger partial charge in [-0.2, -0.15) is 15.4 Å². The molecule has 2 rings (SSSR count). The van der Waals surface area contributed by atoms with Crippen molar-refractivity contribution in [3.8, 4) is 17.0 Å². The Hall–Kier alpha value is -1.64. The summed E-state index contributed by atoms with van der Waals surface area (Å²) >= 11 is 2.13. The molecule has 0 atom stereocenters. The smallest absolute Gasteiger partial charge is 0.271 e. The van der Waals surface area contributed by atoms with E-state index in [2.05, 4.69) is 38.0 Å². The lowest BCUT2D eigenvalue weighted by Gasteiger charge is -2.05. The van der Waals surface area contributed by atoms with Gasteiger partial charge in [0, 0.05) is 9.13 Å². The Morgan fingerprint density at radius 1 is 1.47 bits per heavy atom. The molecule has 0 saturated heterocycles. The number of aromatic amines is 1. The number of amides is 1. The molecule has 7 heteroatoms. The Morgan fingerprint density at radius 2 is 2.18 bits per heavy atom. The Labute approximate surface area is 110 Å². The van der Waals surface area contributed by atoms with Gasteiger partial charge in [0.15, 0.2) is 5.69 Å². The normalized spacial score (nSPS) is 10.5. The van der Waals surface area contributed by atoms with Crippen LogP contribution in [-0.4, -0.2) is 26.4 Å². The highest BCUT2D eigenvalue weighted by Gasteiger charge is 2.18. The minimum atomic E-state index is -0.691. The van der Waals surface area contributed by atoms with Crippen molar-refractivity contribution in [3.05, 3.63) is 27.0 Å². The molecule has 0 aliphatic carbocycles. The number of H-pyrrole nitrogens is 1. The first-order chi connectivity index (χ1) is 8.00. The number of nitrogens with zero attached hydrogens (tertiary/aromatic N) is 2. The van der Waals surface area contributed by atoms with Crippen molar-refractivity contribution in [1.29, 1.82) is 0 Å². The van der Waals surface area contributed by atoms with Gasteiger partial charge in [-0.05, 0) is 47.2 Å². The fraction of sp³-hybridized carbons (Fsp3) is 0.100. The number of nitrogens with two attached hydrogens (primary N) is 1. The standard InChI is InChI=1S/C10H9IN4O2/c1-4-2-7(16)5(3-6(4)11)8-9(10(12)17)14-15-13-8/h2-3,16H,1H3,(H2,12,17)(H,13,14,15). The molecule has 2 aromatic rings. The zero-order chi connectivity index (χ0) is 12.6. The van der Waals surface area contributed by atoms with Gasteiger partial charge in [-0.25, -0.2) is 0 Å². The van der Waals surface area contributed by atoms with Crippen LogP contribution in [0.1, 0.15) is 16.1 Å². The van der Waals surface area contributed by atoms with Crippen LogP contribution in [0.3, 0.4) is 0 Å². The van der Waals surface area contributed by atoms with E-state index >= 15 is 0 Å². The van der Waals surface area contributed by atoms with E-state index in [-0.39, 0.29) is 17.1 Å². The Balaban J connectivity index is 2.64. The number of hydrogen-bond donors (Lipinski definition) is 3. The summed E-state index contributed by atoms with van der Waals surface area (Å²) in [6.45, 7) is 1.88. The number of hydrogen-bond acceptors (Lipinski definition) is 4. The summed E-state index contributed by atoms with van der Waals surface area (Å²) in [4.78, 5) is 11.1. The third kappa shape index (κ3) is 2.09. The summed E-state index contributed by atoms with van der Waals surface area (Å²) in [6.07, 6.45) is 0. The van der Waals surface area contributed by atoms with Crippen molar-refractivity contribution < 1.29 is 9.90 Å². The second kappa shape index (κ2) is 4.32. The fourth-order valence-electron chi connectivity index (χ4n) is 1.45. The molecule has 0 unspecified atom stereocenters. The van der Waals surface area contributed by atoms with Crippen LogP contribution in [0.25, 0.3) is 11.3 Å². The molecule has 1 aromatic carbocycles. The summed E-state index contributed by atoms with van der Waals surface area (Å²) < 4.78 is 0.953. The summed E-state index contributed by atoms with van der Waals surface area (Å²) in [7, 11) is 0. The minimum absolute atomic E-state index is 0.0138. The number of primary amides is 1. The SMILES string of the molecule is Cc1cc(O)c(-c2n[nH]nc2C(N)=O)cc1I. The van der Waals surface area contributed by atoms with Crippen molar-refractivity contribution in [1.82, 2.24) is 15.4 Å². The van der Waals surface area contributed by atoms with Crippen molar-refractivity contribution in [2.75, 3.05) is 0 Å². The molecule has 0 bridgehead atoms. The van der Waals surface area contributed by atoms with Crippen molar-refractivity contribution >= 4 is 28.5 Å². The topological polar surface area (TPSA) is 105 Å². The van der Waals surface area contributed by atoms with Crippen molar-refractivity contribution in [3.63, 3.8) is 0 Å². The molecule has 0 spiro atoms. The van der Waals surface area contributed by atoms with E-state index < -0.39 is 5.91 Å². The van der Waals surface area contributed by atoms with Crippen LogP contribution >= 0.6 is 22.6 Å². The molecule has 1 amide bonds. The largest absolute Gasteiger partial charge is 0.507 e. The second-order valence-electron chi connectivity index (χ2n) is 3.50. The molecule has 0 aliphatic rings. The van der Waals surface area contributed by atoms with Gasteiger partial charge < -0.3 is 10.8 Å². The van der Waals surface area contributed by atoms with E-state index in [0.29, 0.717) is 5.56 Å². The first kappa shape index (κ1) is 11.8.